The second kappa shape index (κ2) is 12.6. The fourth-order valence-electron chi connectivity index (χ4n) is 3.91. The normalized spacial score (nSPS) is 17.5. The first kappa shape index (κ1) is 26.8. The molecule has 172 valence electrons. The average Bonchev–Trinajstić information content (AvgIpc) is 2.75. The van der Waals surface area contributed by atoms with Gasteiger partial charge in [0.1, 0.15) is 12.1 Å². The van der Waals surface area contributed by atoms with Crippen LogP contribution in [0.25, 0.3) is 0 Å². The van der Waals surface area contributed by atoms with Crippen LogP contribution in [0.1, 0.15) is 28.8 Å². The van der Waals surface area contributed by atoms with Crippen LogP contribution >= 0.6 is 0 Å². The van der Waals surface area contributed by atoms with E-state index in [4.69, 9.17) is 14.2 Å². The van der Waals surface area contributed by atoms with E-state index in [0.717, 1.165) is 32.5 Å². The number of carbonyl (C=O) groups is 1. The van der Waals surface area contributed by atoms with Crippen LogP contribution in [0.2, 0.25) is 0 Å². The lowest BCUT2D eigenvalue weighted by molar-refractivity contribution is -0.918. The third kappa shape index (κ3) is 6.40. The lowest BCUT2D eigenvalue weighted by Crippen LogP contribution is -3.12. The van der Waals surface area contributed by atoms with E-state index in [1.807, 2.05) is 6.07 Å². The van der Waals surface area contributed by atoms with Crippen molar-refractivity contribution in [2.75, 3.05) is 34.4 Å². The minimum absolute atomic E-state index is 0. The molecular formula is C22H31Cl2N3O4. The first-order valence-corrected chi connectivity index (χ1v) is 9.90. The van der Waals surface area contributed by atoms with Gasteiger partial charge in [0.2, 0.25) is 11.5 Å². The summed E-state index contributed by atoms with van der Waals surface area (Å²) in [5, 5.41) is 3.16. The predicted molar refractivity (Wildman–Crippen MR) is 110 cm³/mol. The van der Waals surface area contributed by atoms with Crippen LogP contribution in [0, 0.1) is 0 Å². The van der Waals surface area contributed by atoms with E-state index in [0.29, 0.717) is 28.5 Å². The summed E-state index contributed by atoms with van der Waals surface area (Å²) in [6.45, 7) is 3.09. The fourth-order valence-corrected chi connectivity index (χ4v) is 3.91. The van der Waals surface area contributed by atoms with Gasteiger partial charge in [0.25, 0.3) is 5.91 Å². The molecule has 1 aliphatic heterocycles. The number of amides is 1. The highest BCUT2D eigenvalue weighted by atomic mass is 35.5. The molecule has 1 amide bonds. The molecule has 0 spiro atoms. The summed E-state index contributed by atoms with van der Waals surface area (Å²) in [4.78, 5) is 14.5. The minimum atomic E-state index is -0.161. The molecule has 0 aliphatic carbocycles. The molecule has 2 aromatic rings. The molecule has 7 nitrogen and oxygen atoms in total. The van der Waals surface area contributed by atoms with Crippen LogP contribution in [-0.4, -0.2) is 46.4 Å². The van der Waals surface area contributed by atoms with E-state index in [1.54, 1.807) is 11.0 Å². The highest BCUT2D eigenvalue weighted by Crippen LogP contribution is 2.42. The van der Waals surface area contributed by atoms with Gasteiger partial charge < -0.3 is 55.0 Å². The molecule has 1 aliphatic rings. The van der Waals surface area contributed by atoms with E-state index in [2.05, 4.69) is 35.3 Å². The number of hydrogen-bond donors (Lipinski definition) is 3. The van der Waals surface area contributed by atoms with Crippen LogP contribution in [0.15, 0.2) is 36.4 Å². The van der Waals surface area contributed by atoms with Crippen molar-refractivity contribution in [1.29, 1.82) is 0 Å². The Hall–Kier alpha value is -2.19. The van der Waals surface area contributed by atoms with Crippen LogP contribution in [0.4, 0.5) is 5.69 Å². The van der Waals surface area contributed by atoms with Crippen molar-refractivity contribution in [1.82, 2.24) is 5.32 Å². The van der Waals surface area contributed by atoms with Gasteiger partial charge in [-0.05, 0) is 0 Å². The Labute approximate surface area is 196 Å². The van der Waals surface area contributed by atoms with Gasteiger partial charge in [0.15, 0.2) is 11.4 Å². The van der Waals surface area contributed by atoms with Crippen LogP contribution in [0.3, 0.4) is 0 Å². The summed E-state index contributed by atoms with van der Waals surface area (Å²) >= 11 is 0. The van der Waals surface area contributed by atoms with Crippen molar-refractivity contribution in [3.63, 3.8) is 0 Å². The van der Waals surface area contributed by atoms with Crippen molar-refractivity contribution in [2.24, 2.45) is 0 Å². The van der Waals surface area contributed by atoms with Crippen LogP contribution in [-0.2, 0) is 6.54 Å². The van der Waals surface area contributed by atoms with E-state index in [1.165, 1.54) is 26.9 Å². The summed E-state index contributed by atoms with van der Waals surface area (Å²) < 4.78 is 16.1. The van der Waals surface area contributed by atoms with Gasteiger partial charge in [-0.15, -0.1) is 0 Å². The zero-order chi connectivity index (χ0) is 20.8. The molecule has 0 aromatic heterocycles. The van der Waals surface area contributed by atoms with E-state index in [9.17, 15) is 4.79 Å². The topological polar surface area (TPSA) is 88.9 Å². The van der Waals surface area contributed by atoms with Crippen LogP contribution in [0.5, 0.6) is 17.2 Å². The molecule has 1 fully saturated rings. The molecule has 0 bridgehead atoms. The average molecular weight is 472 g/mol. The lowest BCUT2D eigenvalue weighted by Gasteiger charge is -2.30. The largest absolute Gasteiger partial charge is 1.00 e. The predicted octanol–water partition coefficient (Wildman–Crippen LogP) is -5.43. The molecule has 1 heterocycles. The lowest BCUT2D eigenvalue weighted by atomic mass is 10.0. The monoisotopic (exact) mass is 471 g/mol. The number of rotatable bonds is 7. The number of quaternary nitrogens is 2. The Morgan fingerprint density at radius 3 is 2.19 bits per heavy atom. The van der Waals surface area contributed by atoms with Gasteiger partial charge in [-0.2, -0.15) is 0 Å². The highest BCUT2D eigenvalue weighted by Gasteiger charge is 2.28. The maximum atomic E-state index is 12.9. The highest BCUT2D eigenvalue weighted by molar-refractivity contribution is 6.00. The number of benzene rings is 2. The van der Waals surface area contributed by atoms with Gasteiger partial charge in [-0.3, -0.25) is 4.79 Å². The number of carbonyl (C=O) groups excluding carboxylic acids is 1. The summed E-state index contributed by atoms with van der Waals surface area (Å²) in [7, 11) is 4.59. The second-order valence-electron chi connectivity index (χ2n) is 7.33. The second-order valence-corrected chi connectivity index (χ2v) is 7.33. The number of methoxy groups -OCH3 is 3. The van der Waals surface area contributed by atoms with Crippen molar-refractivity contribution >= 4 is 11.6 Å². The smallest absolute Gasteiger partial charge is 0.257 e. The van der Waals surface area contributed by atoms with Crippen molar-refractivity contribution in [3.05, 3.63) is 47.5 Å². The molecular weight excluding hydrogens is 441 g/mol. The number of ether oxygens (including phenoxy) is 3. The maximum Gasteiger partial charge on any atom is 0.257 e. The molecule has 0 atom stereocenters. The zero-order valence-electron chi connectivity index (χ0n) is 18.2. The summed E-state index contributed by atoms with van der Waals surface area (Å²) in [5.74, 6) is 1.14. The van der Waals surface area contributed by atoms with Gasteiger partial charge in [0.05, 0.1) is 34.4 Å². The summed E-state index contributed by atoms with van der Waals surface area (Å²) in [6.07, 6.45) is 1.90. The Morgan fingerprint density at radius 1 is 1.03 bits per heavy atom. The maximum absolute atomic E-state index is 12.9. The molecule has 0 radical (unpaired) electrons. The Bertz CT molecular complexity index is 844. The number of hydrogen-bond acceptors (Lipinski definition) is 4. The van der Waals surface area contributed by atoms with E-state index < -0.39 is 0 Å². The Morgan fingerprint density at radius 2 is 1.65 bits per heavy atom. The molecule has 5 N–H and O–H groups in total. The number of nitrogens with one attached hydrogen (secondary N) is 2. The quantitative estimate of drug-likeness (QED) is 0.376. The Balaban J connectivity index is 0.00000240. The van der Waals surface area contributed by atoms with Gasteiger partial charge >= 0.3 is 0 Å². The van der Waals surface area contributed by atoms with E-state index in [-0.39, 0.29) is 36.8 Å². The van der Waals surface area contributed by atoms with E-state index >= 15 is 0 Å². The molecule has 0 unspecified atom stereocenters. The first-order valence-electron chi connectivity index (χ1n) is 9.90. The number of likely N-dealkylation sites (tertiary alicyclic amines) is 1. The first-order chi connectivity index (χ1) is 14.1. The third-order valence-corrected chi connectivity index (χ3v) is 5.50. The molecule has 3 rings (SSSR count). The molecule has 31 heavy (non-hydrogen) atoms. The summed E-state index contributed by atoms with van der Waals surface area (Å²) in [6, 6.07) is 12.4. The minimum Gasteiger partial charge on any atom is -1.00 e. The van der Waals surface area contributed by atoms with Crippen molar-refractivity contribution < 1.29 is 54.5 Å². The zero-order valence-corrected chi connectivity index (χ0v) is 19.7. The molecule has 9 heteroatoms. The fraction of sp³-hybridized carbons (Fsp3) is 0.409. The third-order valence-electron chi connectivity index (χ3n) is 5.50. The number of piperidine rings is 1. The molecule has 0 saturated carbocycles. The summed E-state index contributed by atoms with van der Waals surface area (Å²) in [5.41, 5.74) is 6.31. The molecule has 2 aromatic carbocycles. The van der Waals surface area contributed by atoms with Gasteiger partial charge in [0, 0.05) is 30.5 Å². The molecule has 1 saturated heterocycles. The van der Waals surface area contributed by atoms with Gasteiger partial charge in [-0.1, -0.05) is 30.3 Å². The SMILES string of the molecule is COc1cc(C(=O)NC2CC[NH+](Cc3ccccc3)CC2)c([NH3+])c(OC)c1OC.[Cl-].[Cl-]. The van der Waals surface area contributed by atoms with Crippen molar-refractivity contribution in [3.8, 4) is 17.2 Å². The van der Waals surface area contributed by atoms with Gasteiger partial charge in [-0.25, -0.2) is 0 Å². The van der Waals surface area contributed by atoms with Crippen LogP contribution < -0.4 is 55.0 Å². The number of halogens is 2. The standard InChI is InChI=1S/C22H29N3O4.2ClH/c1-27-18-13-17(19(23)21(29-3)20(18)28-2)22(26)24-16-9-11-25(12-10-16)14-15-7-5-4-6-8-15;;/h4-8,13,16H,9-12,14,23H2,1-3H3,(H,24,26);2*1H. The Kier molecular flexibility index (Phi) is 10.9. The van der Waals surface area contributed by atoms with Crippen molar-refractivity contribution in [2.45, 2.75) is 25.4 Å².